The van der Waals surface area contributed by atoms with Crippen molar-refractivity contribution in [1.29, 1.82) is 0 Å². The normalized spacial score (nSPS) is 42.2. The largest absolute Gasteiger partial charge is 0.128 e. The van der Waals surface area contributed by atoms with Gasteiger partial charge in [0.1, 0.15) is 4.33 Å². The first-order valence-corrected chi connectivity index (χ1v) is 5.21. The summed E-state index contributed by atoms with van der Waals surface area (Å²) in [6, 6.07) is 0. The topological polar surface area (TPSA) is 0 Å². The molecule has 0 nitrogen and oxygen atoms in total. The van der Waals surface area contributed by atoms with Crippen molar-refractivity contribution in [2.45, 2.75) is 31.0 Å². The van der Waals surface area contributed by atoms with Gasteiger partial charge < -0.3 is 0 Å². The number of hydrogen-bond acceptors (Lipinski definition) is 0. The van der Waals surface area contributed by atoms with E-state index in [9.17, 15) is 0 Å². The molecule has 0 radical (unpaired) electrons. The summed E-state index contributed by atoms with van der Waals surface area (Å²) < 4.78 is -0.527. The molecule has 0 aromatic heterocycles. The lowest BCUT2D eigenvalue weighted by Crippen LogP contribution is -2.26. The van der Waals surface area contributed by atoms with Crippen molar-refractivity contribution in [3.63, 3.8) is 0 Å². The van der Waals surface area contributed by atoms with Crippen LogP contribution in [0, 0.1) is 17.3 Å². The van der Waals surface area contributed by atoms with E-state index in [1.165, 1.54) is 5.57 Å². The molecule has 2 aliphatic carbocycles. The summed E-state index contributed by atoms with van der Waals surface area (Å²) in [6.45, 7) is 8.53. The zero-order chi connectivity index (χ0) is 9.15. The van der Waals surface area contributed by atoms with Crippen LogP contribution in [0.1, 0.15) is 26.7 Å². The van der Waals surface area contributed by atoms with Crippen LogP contribution in [0.3, 0.4) is 0 Å². The van der Waals surface area contributed by atoms with Crippen LogP contribution >= 0.6 is 23.2 Å². The summed E-state index contributed by atoms with van der Waals surface area (Å²) >= 11 is 12.6. The molecule has 2 fully saturated rings. The molecule has 0 saturated heterocycles. The lowest BCUT2D eigenvalue weighted by atomic mass is 9.73. The van der Waals surface area contributed by atoms with Gasteiger partial charge in [0.25, 0.3) is 0 Å². The van der Waals surface area contributed by atoms with Gasteiger partial charge in [0.05, 0.1) is 0 Å². The molecule has 12 heavy (non-hydrogen) atoms. The SMILES string of the molecule is C=C1C2CCC(C1(C)C)C2(Cl)Cl. The van der Waals surface area contributed by atoms with Gasteiger partial charge in [-0.15, -0.1) is 23.2 Å². The van der Waals surface area contributed by atoms with Gasteiger partial charge in [0.2, 0.25) is 0 Å². The van der Waals surface area contributed by atoms with Gasteiger partial charge >= 0.3 is 0 Å². The number of alkyl halides is 2. The van der Waals surface area contributed by atoms with Gasteiger partial charge in [-0.05, 0) is 18.3 Å². The number of fused-ring (bicyclic) bond motifs is 2. The Bertz CT molecular complexity index is 240. The van der Waals surface area contributed by atoms with E-state index in [0.29, 0.717) is 11.8 Å². The maximum atomic E-state index is 6.31. The van der Waals surface area contributed by atoms with E-state index in [-0.39, 0.29) is 5.41 Å². The molecule has 2 bridgehead atoms. The molecule has 0 aromatic rings. The fraction of sp³-hybridized carbons (Fsp3) is 0.800. The van der Waals surface area contributed by atoms with Gasteiger partial charge in [0, 0.05) is 11.8 Å². The first kappa shape index (κ1) is 8.90. The van der Waals surface area contributed by atoms with E-state index in [1.54, 1.807) is 0 Å². The van der Waals surface area contributed by atoms with Crippen LogP contribution in [0.5, 0.6) is 0 Å². The highest BCUT2D eigenvalue weighted by Gasteiger charge is 2.62. The second kappa shape index (κ2) is 2.22. The fourth-order valence-electron chi connectivity index (χ4n) is 2.88. The Kier molecular flexibility index (Phi) is 1.64. The van der Waals surface area contributed by atoms with Crippen LogP contribution in [0.25, 0.3) is 0 Å². The van der Waals surface area contributed by atoms with Gasteiger partial charge in [-0.1, -0.05) is 26.0 Å². The smallest absolute Gasteiger partial charge is 0.101 e. The molecule has 2 rings (SSSR count). The summed E-state index contributed by atoms with van der Waals surface area (Å²) in [5.41, 5.74) is 1.40. The molecule has 0 aliphatic heterocycles. The van der Waals surface area contributed by atoms with Crippen molar-refractivity contribution >= 4 is 23.2 Å². The van der Waals surface area contributed by atoms with Crippen LogP contribution in [-0.4, -0.2) is 4.33 Å². The Morgan fingerprint density at radius 3 is 2.17 bits per heavy atom. The standard InChI is InChI=1S/C10H14Cl2/c1-6-7-4-5-8(9(6,2)3)10(7,11)12/h7-8H,1,4-5H2,2-3H3. The summed E-state index contributed by atoms with van der Waals surface area (Å²) in [4.78, 5) is 0. The quantitative estimate of drug-likeness (QED) is 0.417. The maximum Gasteiger partial charge on any atom is 0.128 e. The summed E-state index contributed by atoms with van der Waals surface area (Å²) in [5, 5.41) is 0. The first-order chi connectivity index (χ1) is 5.38. The van der Waals surface area contributed by atoms with Crippen molar-refractivity contribution in [1.82, 2.24) is 0 Å². The minimum atomic E-state index is -0.527. The second-order valence-electron chi connectivity index (χ2n) is 4.60. The highest BCUT2D eigenvalue weighted by molar-refractivity contribution is 6.49. The molecule has 0 spiro atoms. The van der Waals surface area contributed by atoms with Crippen molar-refractivity contribution in [3.8, 4) is 0 Å². The predicted molar refractivity (Wildman–Crippen MR) is 53.6 cm³/mol. The lowest BCUT2D eigenvalue weighted by molar-refractivity contribution is 0.284. The summed E-state index contributed by atoms with van der Waals surface area (Å²) in [7, 11) is 0. The molecule has 2 unspecified atom stereocenters. The molecule has 2 saturated carbocycles. The third kappa shape index (κ3) is 0.807. The average molecular weight is 205 g/mol. The van der Waals surface area contributed by atoms with E-state index < -0.39 is 4.33 Å². The molecule has 0 heterocycles. The Labute approximate surface area is 83.9 Å². The van der Waals surface area contributed by atoms with Crippen LogP contribution in [-0.2, 0) is 0 Å². The number of hydrogen-bond donors (Lipinski definition) is 0. The number of rotatable bonds is 0. The Balaban J connectivity index is 2.47. The minimum absolute atomic E-state index is 0.145. The van der Waals surface area contributed by atoms with E-state index >= 15 is 0 Å². The van der Waals surface area contributed by atoms with Gasteiger partial charge in [0.15, 0.2) is 0 Å². The number of allylic oxidation sites excluding steroid dienone is 1. The van der Waals surface area contributed by atoms with E-state index in [1.807, 2.05) is 0 Å². The highest BCUT2D eigenvalue weighted by atomic mass is 35.5. The summed E-state index contributed by atoms with van der Waals surface area (Å²) in [5.74, 6) is 0.742. The Morgan fingerprint density at radius 1 is 1.33 bits per heavy atom. The third-order valence-electron chi connectivity index (χ3n) is 3.79. The van der Waals surface area contributed by atoms with Crippen LogP contribution in [0.4, 0.5) is 0 Å². The van der Waals surface area contributed by atoms with Crippen molar-refractivity contribution in [3.05, 3.63) is 12.2 Å². The molecule has 68 valence electrons. The molecular formula is C10H14Cl2. The summed E-state index contributed by atoms with van der Waals surface area (Å²) in [6.07, 6.45) is 2.28. The zero-order valence-electron chi connectivity index (χ0n) is 7.53. The fourth-order valence-corrected chi connectivity index (χ4v) is 4.13. The Morgan fingerprint density at radius 2 is 1.92 bits per heavy atom. The van der Waals surface area contributed by atoms with Gasteiger partial charge in [-0.25, -0.2) is 0 Å². The van der Waals surface area contributed by atoms with E-state index in [2.05, 4.69) is 20.4 Å². The molecule has 2 aliphatic rings. The zero-order valence-corrected chi connectivity index (χ0v) is 9.04. The third-order valence-corrected chi connectivity index (χ3v) is 4.85. The van der Waals surface area contributed by atoms with Crippen molar-refractivity contribution in [2.75, 3.05) is 0 Å². The molecule has 0 amide bonds. The van der Waals surface area contributed by atoms with Gasteiger partial charge in [-0.2, -0.15) is 0 Å². The monoisotopic (exact) mass is 204 g/mol. The van der Waals surface area contributed by atoms with Crippen molar-refractivity contribution in [2.24, 2.45) is 17.3 Å². The lowest BCUT2D eigenvalue weighted by Gasteiger charge is -2.31. The molecule has 0 N–H and O–H groups in total. The van der Waals surface area contributed by atoms with E-state index in [4.69, 9.17) is 23.2 Å². The van der Waals surface area contributed by atoms with E-state index in [0.717, 1.165) is 12.8 Å². The molecule has 0 aromatic carbocycles. The number of halogens is 2. The molecule has 2 heteroatoms. The molecular weight excluding hydrogens is 191 g/mol. The van der Waals surface area contributed by atoms with Crippen LogP contribution in [0.15, 0.2) is 12.2 Å². The Hall–Kier alpha value is 0.320. The van der Waals surface area contributed by atoms with Crippen molar-refractivity contribution < 1.29 is 0 Å². The first-order valence-electron chi connectivity index (χ1n) is 4.45. The maximum absolute atomic E-state index is 6.31. The minimum Gasteiger partial charge on any atom is -0.101 e. The average Bonchev–Trinajstić information content (AvgIpc) is 2.27. The predicted octanol–water partition coefficient (Wildman–Crippen LogP) is 3.78. The second-order valence-corrected chi connectivity index (χ2v) is 6.05. The van der Waals surface area contributed by atoms with Gasteiger partial charge in [-0.3, -0.25) is 0 Å². The molecule has 2 atom stereocenters. The van der Waals surface area contributed by atoms with Crippen LogP contribution in [0.2, 0.25) is 0 Å². The highest BCUT2D eigenvalue weighted by Crippen LogP contribution is 2.67. The van der Waals surface area contributed by atoms with Crippen LogP contribution < -0.4 is 0 Å².